The van der Waals surface area contributed by atoms with Crippen molar-refractivity contribution in [2.24, 2.45) is 11.1 Å². The molecule has 0 amide bonds. The lowest BCUT2D eigenvalue weighted by molar-refractivity contribution is 0.262. The number of rotatable bonds is 11. The van der Waals surface area contributed by atoms with E-state index in [-0.39, 0.29) is 5.41 Å². The molecule has 1 aromatic rings. The molecule has 0 fully saturated rings. The largest absolute Gasteiger partial charge is 0.330 e. The summed E-state index contributed by atoms with van der Waals surface area (Å²) in [6.07, 6.45) is 11.4. The zero-order valence-electron chi connectivity index (χ0n) is 15.1. The standard InChI is InChI=1S/C21H33N3/c1-21(12-14-22,18-24-17-20-10-6-3-7-11-20)13-15-23-16-19-8-4-2-5-9-19/h2,4-6,8-11,23-24H,3,7,12-18,22H2,1H3. The van der Waals surface area contributed by atoms with Gasteiger partial charge in [0.15, 0.2) is 0 Å². The lowest BCUT2D eigenvalue weighted by Gasteiger charge is -2.30. The zero-order valence-corrected chi connectivity index (χ0v) is 15.1. The molecule has 1 aliphatic carbocycles. The molecule has 3 heteroatoms. The Hall–Kier alpha value is -1.42. The van der Waals surface area contributed by atoms with Crippen LogP contribution in [-0.4, -0.2) is 26.2 Å². The summed E-state index contributed by atoms with van der Waals surface area (Å²) in [5.74, 6) is 0. The Morgan fingerprint density at radius 3 is 2.58 bits per heavy atom. The predicted molar refractivity (Wildman–Crippen MR) is 104 cm³/mol. The van der Waals surface area contributed by atoms with Crippen molar-refractivity contribution in [1.82, 2.24) is 10.6 Å². The molecule has 1 aromatic carbocycles. The van der Waals surface area contributed by atoms with Gasteiger partial charge < -0.3 is 16.4 Å². The molecule has 2 rings (SSSR count). The average Bonchev–Trinajstić information content (AvgIpc) is 2.61. The minimum absolute atomic E-state index is 0.247. The van der Waals surface area contributed by atoms with Crippen LogP contribution in [0.2, 0.25) is 0 Å². The third-order valence-corrected chi connectivity index (χ3v) is 4.78. The maximum absolute atomic E-state index is 5.85. The topological polar surface area (TPSA) is 50.1 Å². The van der Waals surface area contributed by atoms with Gasteiger partial charge in [-0.2, -0.15) is 0 Å². The van der Waals surface area contributed by atoms with Gasteiger partial charge in [0.05, 0.1) is 0 Å². The number of hydrogen-bond acceptors (Lipinski definition) is 3. The van der Waals surface area contributed by atoms with Crippen LogP contribution in [0.1, 0.15) is 38.2 Å². The van der Waals surface area contributed by atoms with Crippen LogP contribution in [0.25, 0.3) is 0 Å². The van der Waals surface area contributed by atoms with E-state index in [2.05, 4.69) is 66.1 Å². The van der Waals surface area contributed by atoms with Crippen molar-refractivity contribution in [2.45, 2.75) is 39.2 Å². The Morgan fingerprint density at radius 1 is 1.04 bits per heavy atom. The van der Waals surface area contributed by atoms with Crippen LogP contribution in [0, 0.1) is 5.41 Å². The summed E-state index contributed by atoms with van der Waals surface area (Å²) in [5.41, 5.74) is 8.86. The van der Waals surface area contributed by atoms with Crippen LogP contribution >= 0.6 is 0 Å². The van der Waals surface area contributed by atoms with Crippen LogP contribution in [-0.2, 0) is 6.54 Å². The van der Waals surface area contributed by atoms with E-state index in [1.807, 2.05) is 0 Å². The second-order valence-electron chi connectivity index (χ2n) is 7.12. The quantitative estimate of drug-likeness (QED) is 0.546. The molecule has 1 unspecified atom stereocenters. The normalized spacial score (nSPS) is 16.7. The molecular formula is C21H33N3. The highest BCUT2D eigenvalue weighted by molar-refractivity contribution is 5.23. The summed E-state index contributed by atoms with van der Waals surface area (Å²) in [4.78, 5) is 0. The van der Waals surface area contributed by atoms with E-state index >= 15 is 0 Å². The molecule has 1 aliphatic rings. The number of nitrogens with one attached hydrogen (secondary N) is 2. The molecule has 0 saturated carbocycles. The molecular weight excluding hydrogens is 294 g/mol. The third-order valence-electron chi connectivity index (χ3n) is 4.78. The van der Waals surface area contributed by atoms with Crippen molar-refractivity contribution >= 4 is 0 Å². The SMILES string of the molecule is CC(CCN)(CCNCc1ccccc1)CNCC1=CCCC=C1. The molecule has 1 atom stereocenters. The molecule has 24 heavy (non-hydrogen) atoms. The molecule has 0 heterocycles. The molecule has 0 bridgehead atoms. The summed E-state index contributed by atoms with van der Waals surface area (Å²) < 4.78 is 0. The highest BCUT2D eigenvalue weighted by Crippen LogP contribution is 2.24. The fourth-order valence-electron chi connectivity index (χ4n) is 3.18. The van der Waals surface area contributed by atoms with Crippen LogP contribution in [0.3, 0.4) is 0 Å². The van der Waals surface area contributed by atoms with Crippen molar-refractivity contribution in [3.63, 3.8) is 0 Å². The minimum atomic E-state index is 0.247. The second-order valence-corrected chi connectivity index (χ2v) is 7.12. The predicted octanol–water partition coefficient (Wildman–Crippen LogP) is 3.39. The summed E-state index contributed by atoms with van der Waals surface area (Å²) >= 11 is 0. The van der Waals surface area contributed by atoms with Crippen molar-refractivity contribution in [1.29, 1.82) is 0 Å². The molecule has 0 spiro atoms. The van der Waals surface area contributed by atoms with Crippen molar-refractivity contribution in [2.75, 3.05) is 26.2 Å². The lowest BCUT2D eigenvalue weighted by Crippen LogP contribution is -2.37. The molecule has 0 aromatic heterocycles. The van der Waals surface area contributed by atoms with Crippen LogP contribution < -0.4 is 16.4 Å². The Bertz CT molecular complexity index is 521. The summed E-state index contributed by atoms with van der Waals surface area (Å²) in [6.45, 7) is 7.04. The molecule has 132 valence electrons. The maximum Gasteiger partial charge on any atom is 0.0205 e. The van der Waals surface area contributed by atoms with Gasteiger partial charge in [-0.1, -0.05) is 55.5 Å². The van der Waals surface area contributed by atoms with Crippen LogP contribution in [0.4, 0.5) is 0 Å². The molecule has 3 nitrogen and oxygen atoms in total. The lowest BCUT2D eigenvalue weighted by atomic mass is 9.83. The van der Waals surface area contributed by atoms with Gasteiger partial charge in [-0.05, 0) is 55.3 Å². The number of allylic oxidation sites excluding steroid dienone is 2. The summed E-state index contributed by atoms with van der Waals surface area (Å²) in [7, 11) is 0. The fourth-order valence-corrected chi connectivity index (χ4v) is 3.18. The molecule has 0 aliphatic heterocycles. The smallest absolute Gasteiger partial charge is 0.0205 e. The van der Waals surface area contributed by atoms with E-state index in [4.69, 9.17) is 5.73 Å². The van der Waals surface area contributed by atoms with Gasteiger partial charge in [0.2, 0.25) is 0 Å². The Kier molecular flexibility index (Phi) is 8.23. The highest BCUT2D eigenvalue weighted by Gasteiger charge is 2.22. The minimum Gasteiger partial charge on any atom is -0.330 e. The van der Waals surface area contributed by atoms with Crippen LogP contribution in [0.15, 0.2) is 54.1 Å². The van der Waals surface area contributed by atoms with Crippen molar-refractivity contribution in [3.05, 3.63) is 59.7 Å². The fraction of sp³-hybridized carbons (Fsp3) is 0.524. The van der Waals surface area contributed by atoms with Crippen molar-refractivity contribution < 1.29 is 0 Å². The first-order valence-corrected chi connectivity index (χ1v) is 9.23. The molecule has 0 saturated heterocycles. The maximum atomic E-state index is 5.85. The van der Waals surface area contributed by atoms with E-state index in [1.54, 1.807) is 0 Å². The van der Waals surface area contributed by atoms with Gasteiger partial charge in [0, 0.05) is 19.6 Å². The van der Waals surface area contributed by atoms with Gasteiger partial charge in [0.25, 0.3) is 0 Å². The first-order valence-electron chi connectivity index (χ1n) is 9.23. The van der Waals surface area contributed by atoms with Crippen LogP contribution in [0.5, 0.6) is 0 Å². The van der Waals surface area contributed by atoms with Gasteiger partial charge in [-0.15, -0.1) is 0 Å². The monoisotopic (exact) mass is 327 g/mol. The second kappa shape index (κ2) is 10.4. The highest BCUT2D eigenvalue weighted by atomic mass is 14.9. The van der Waals surface area contributed by atoms with Gasteiger partial charge >= 0.3 is 0 Å². The average molecular weight is 328 g/mol. The van der Waals surface area contributed by atoms with E-state index in [0.717, 1.165) is 45.6 Å². The Morgan fingerprint density at radius 2 is 1.88 bits per heavy atom. The first kappa shape index (κ1) is 18.9. The number of nitrogens with two attached hydrogens (primary N) is 1. The van der Waals surface area contributed by atoms with E-state index in [0.29, 0.717) is 0 Å². The van der Waals surface area contributed by atoms with E-state index in [1.165, 1.54) is 24.0 Å². The van der Waals surface area contributed by atoms with Crippen molar-refractivity contribution in [3.8, 4) is 0 Å². The van der Waals surface area contributed by atoms with Gasteiger partial charge in [-0.3, -0.25) is 0 Å². The molecule has 4 N–H and O–H groups in total. The van der Waals surface area contributed by atoms with E-state index < -0.39 is 0 Å². The third kappa shape index (κ3) is 7.00. The Balaban J connectivity index is 1.70. The van der Waals surface area contributed by atoms with E-state index in [9.17, 15) is 0 Å². The first-order chi connectivity index (χ1) is 11.7. The number of benzene rings is 1. The zero-order chi connectivity index (χ0) is 17.1. The van der Waals surface area contributed by atoms with Gasteiger partial charge in [-0.25, -0.2) is 0 Å². The molecule has 0 radical (unpaired) electrons. The van der Waals surface area contributed by atoms with Gasteiger partial charge in [0.1, 0.15) is 0 Å². The Labute approximate surface area is 147 Å². The number of hydrogen-bond donors (Lipinski definition) is 3. The summed E-state index contributed by atoms with van der Waals surface area (Å²) in [5, 5.41) is 7.20. The summed E-state index contributed by atoms with van der Waals surface area (Å²) in [6, 6.07) is 10.6.